The van der Waals surface area contributed by atoms with E-state index in [1.54, 1.807) is 4.90 Å². The van der Waals surface area contributed by atoms with Gasteiger partial charge in [0.05, 0.1) is 0 Å². The highest BCUT2D eigenvalue weighted by atomic mass is 16.6. The number of nitrogens with zero attached hydrogens (tertiary/aromatic N) is 1. The van der Waals surface area contributed by atoms with Crippen molar-refractivity contribution in [2.45, 2.75) is 58.6 Å². The molecule has 0 aromatic carbocycles. The first-order valence-corrected chi connectivity index (χ1v) is 5.80. The number of hydrogen-bond donors (Lipinski definition) is 0. The molecule has 0 saturated carbocycles. The van der Waals surface area contributed by atoms with Crippen LogP contribution < -0.4 is 0 Å². The van der Waals surface area contributed by atoms with Gasteiger partial charge in [0.15, 0.2) is 0 Å². The van der Waals surface area contributed by atoms with Gasteiger partial charge in [-0.1, -0.05) is 13.3 Å². The van der Waals surface area contributed by atoms with Gasteiger partial charge in [-0.15, -0.1) is 0 Å². The molecule has 1 heterocycles. The molecule has 1 fully saturated rings. The Morgan fingerprint density at radius 1 is 1.33 bits per heavy atom. The first kappa shape index (κ1) is 12.3. The van der Waals surface area contributed by atoms with Crippen molar-refractivity contribution >= 4 is 6.09 Å². The molecular weight excluding hydrogens is 190 g/mol. The summed E-state index contributed by atoms with van der Waals surface area (Å²) in [4.78, 5) is 13.5. The molecule has 3 heteroatoms. The zero-order chi connectivity index (χ0) is 11.6. The Labute approximate surface area is 92.8 Å². The highest BCUT2D eigenvalue weighted by molar-refractivity contribution is 5.68. The number of carbonyl (C=O) groups is 1. The molecule has 1 saturated heterocycles. The predicted molar refractivity (Wildman–Crippen MR) is 60.8 cm³/mol. The van der Waals surface area contributed by atoms with Gasteiger partial charge in [-0.3, -0.25) is 0 Å². The van der Waals surface area contributed by atoms with Gasteiger partial charge in [0.1, 0.15) is 5.60 Å². The molecule has 0 aliphatic carbocycles. The molecule has 0 spiro atoms. The molecular formula is C12H23NO2. The second-order valence-electron chi connectivity index (χ2n) is 5.26. The first-order valence-electron chi connectivity index (χ1n) is 5.80. The summed E-state index contributed by atoms with van der Waals surface area (Å²) in [6.45, 7) is 8.23. The standard InChI is InChI=1S/C12H23NO2/c1-9-7-6-8-10(2)13(5)11(14)15-12(9,3)4/h9-10H,6-8H2,1-5H3/t9?,10-/m0/s1. The van der Waals surface area contributed by atoms with Crippen molar-refractivity contribution < 1.29 is 9.53 Å². The van der Waals surface area contributed by atoms with E-state index in [-0.39, 0.29) is 17.7 Å². The summed E-state index contributed by atoms with van der Waals surface area (Å²) in [6.07, 6.45) is 3.15. The van der Waals surface area contributed by atoms with Crippen LogP contribution in [0.4, 0.5) is 4.79 Å². The summed E-state index contributed by atoms with van der Waals surface area (Å²) in [7, 11) is 1.82. The molecule has 2 atom stereocenters. The fourth-order valence-corrected chi connectivity index (χ4v) is 1.84. The van der Waals surface area contributed by atoms with Crippen LogP contribution in [-0.4, -0.2) is 29.7 Å². The highest BCUT2D eigenvalue weighted by Crippen LogP contribution is 2.29. The lowest BCUT2D eigenvalue weighted by Gasteiger charge is -2.32. The van der Waals surface area contributed by atoms with Gasteiger partial charge in [-0.05, 0) is 39.5 Å². The van der Waals surface area contributed by atoms with E-state index in [0.29, 0.717) is 5.92 Å². The zero-order valence-electron chi connectivity index (χ0n) is 10.5. The average Bonchev–Trinajstić information content (AvgIpc) is 2.16. The highest BCUT2D eigenvalue weighted by Gasteiger charge is 2.33. The molecule has 1 aliphatic heterocycles. The molecule has 88 valence electrons. The minimum absolute atomic E-state index is 0.193. The molecule has 0 N–H and O–H groups in total. The van der Waals surface area contributed by atoms with Gasteiger partial charge >= 0.3 is 6.09 Å². The maximum atomic E-state index is 11.8. The second-order valence-corrected chi connectivity index (χ2v) is 5.26. The van der Waals surface area contributed by atoms with Crippen molar-refractivity contribution in [3.63, 3.8) is 0 Å². The summed E-state index contributed by atoms with van der Waals surface area (Å²) < 4.78 is 5.54. The number of carbonyl (C=O) groups excluding carboxylic acids is 1. The summed E-state index contributed by atoms with van der Waals surface area (Å²) in [5.74, 6) is 0.417. The van der Waals surface area contributed by atoms with Gasteiger partial charge in [0.25, 0.3) is 0 Å². The number of cyclic esters (lactones) is 1. The van der Waals surface area contributed by atoms with Crippen LogP contribution >= 0.6 is 0 Å². The largest absolute Gasteiger partial charge is 0.443 e. The smallest absolute Gasteiger partial charge is 0.410 e. The van der Waals surface area contributed by atoms with Crippen LogP contribution in [-0.2, 0) is 4.74 Å². The summed E-state index contributed by atoms with van der Waals surface area (Å²) in [5.41, 5.74) is -0.352. The SMILES string of the molecule is CC1CCC[C@H](C)N(C)C(=O)OC1(C)C. The van der Waals surface area contributed by atoms with Gasteiger partial charge in [0, 0.05) is 13.1 Å². The lowest BCUT2D eigenvalue weighted by molar-refractivity contribution is -0.0176. The fourth-order valence-electron chi connectivity index (χ4n) is 1.84. The Morgan fingerprint density at radius 2 is 1.93 bits per heavy atom. The third-order valence-corrected chi connectivity index (χ3v) is 3.75. The maximum absolute atomic E-state index is 11.8. The van der Waals surface area contributed by atoms with Crippen molar-refractivity contribution in [1.29, 1.82) is 0 Å². The minimum atomic E-state index is -0.352. The normalized spacial score (nSPS) is 32.6. The van der Waals surface area contributed by atoms with Crippen molar-refractivity contribution in [3.8, 4) is 0 Å². The van der Waals surface area contributed by atoms with Crippen LogP contribution in [0.2, 0.25) is 0 Å². The Bertz CT molecular complexity index is 238. The fraction of sp³-hybridized carbons (Fsp3) is 0.917. The second kappa shape index (κ2) is 4.42. The molecule has 1 amide bonds. The molecule has 0 bridgehead atoms. The van der Waals surface area contributed by atoms with Crippen LogP contribution in [0.15, 0.2) is 0 Å². The monoisotopic (exact) mass is 213 g/mol. The Morgan fingerprint density at radius 3 is 2.53 bits per heavy atom. The average molecular weight is 213 g/mol. The summed E-state index contributed by atoms with van der Waals surface area (Å²) in [5, 5.41) is 0. The maximum Gasteiger partial charge on any atom is 0.410 e. The van der Waals surface area contributed by atoms with E-state index in [4.69, 9.17) is 4.74 Å². The molecule has 0 aromatic rings. The lowest BCUT2D eigenvalue weighted by atomic mass is 9.88. The molecule has 0 aromatic heterocycles. The van der Waals surface area contributed by atoms with E-state index in [9.17, 15) is 4.79 Å². The molecule has 1 aliphatic rings. The first-order chi connectivity index (χ1) is 6.84. The van der Waals surface area contributed by atoms with Crippen LogP contribution in [0.3, 0.4) is 0 Å². The van der Waals surface area contributed by atoms with E-state index in [0.717, 1.165) is 19.3 Å². The van der Waals surface area contributed by atoms with Crippen molar-refractivity contribution in [2.75, 3.05) is 7.05 Å². The number of ether oxygens (including phenoxy) is 1. The predicted octanol–water partition coefficient (Wildman–Crippen LogP) is 3.04. The molecule has 3 nitrogen and oxygen atoms in total. The Kier molecular flexibility index (Phi) is 3.63. The van der Waals surface area contributed by atoms with Crippen LogP contribution in [0.1, 0.15) is 47.0 Å². The van der Waals surface area contributed by atoms with Crippen LogP contribution in [0, 0.1) is 5.92 Å². The number of amides is 1. The van der Waals surface area contributed by atoms with E-state index >= 15 is 0 Å². The molecule has 15 heavy (non-hydrogen) atoms. The molecule has 0 radical (unpaired) electrons. The quantitative estimate of drug-likeness (QED) is 0.619. The number of hydrogen-bond acceptors (Lipinski definition) is 2. The van der Waals surface area contributed by atoms with E-state index < -0.39 is 0 Å². The Balaban J connectivity index is 2.80. The summed E-state index contributed by atoms with van der Waals surface area (Å²) in [6, 6.07) is 0.276. The van der Waals surface area contributed by atoms with E-state index in [1.807, 2.05) is 20.9 Å². The minimum Gasteiger partial charge on any atom is -0.443 e. The van der Waals surface area contributed by atoms with Gasteiger partial charge in [-0.25, -0.2) is 4.79 Å². The van der Waals surface area contributed by atoms with Gasteiger partial charge in [0.2, 0.25) is 0 Å². The topological polar surface area (TPSA) is 29.5 Å². The third-order valence-electron chi connectivity index (χ3n) is 3.75. The van der Waals surface area contributed by atoms with Gasteiger partial charge < -0.3 is 9.64 Å². The molecule has 1 unspecified atom stereocenters. The third kappa shape index (κ3) is 2.86. The van der Waals surface area contributed by atoms with E-state index in [1.165, 1.54) is 0 Å². The van der Waals surface area contributed by atoms with Gasteiger partial charge in [-0.2, -0.15) is 0 Å². The molecule has 1 rings (SSSR count). The van der Waals surface area contributed by atoms with Crippen molar-refractivity contribution in [1.82, 2.24) is 4.90 Å². The Hall–Kier alpha value is -0.730. The zero-order valence-corrected chi connectivity index (χ0v) is 10.5. The number of rotatable bonds is 0. The lowest BCUT2D eigenvalue weighted by Crippen LogP contribution is -2.41. The summed E-state index contributed by atoms with van der Waals surface area (Å²) >= 11 is 0. The van der Waals surface area contributed by atoms with E-state index in [2.05, 4.69) is 13.8 Å². The van der Waals surface area contributed by atoms with Crippen LogP contribution in [0.5, 0.6) is 0 Å². The van der Waals surface area contributed by atoms with Crippen LogP contribution in [0.25, 0.3) is 0 Å². The van der Waals surface area contributed by atoms with Crippen molar-refractivity contribution in [3.05, 3.63) is 0 Å². The van der Waals surface area contributed by atoms with Crippen molar-refractivity contribution in [2.24, 2.45) is 5.92 Å².